The molecule has 0 radical (unpaired) electrons. The summed E-state index contributed by atoms with van der Waals surface area (Å²) < 4.78 is 6.91. The number of anilines is 1. The van der Waals surface area contributed by atoms with Crippen LogP contribution in [0.25, 0.3) is 0 Å². The lowest BCUT2D eigenvalue weighted by Crippen LogP contribution is -2.28. The molecule has 2 rings (SSSR count). The standard InChI is InChI=1S/C15H25N3O2S/c1-12(5-8-21)3-7-18-15(19)9-13(10-16-18)17-6-4-14(11-17)20-2/h9-10,12,14,21H,3-8,11H2,1-2H3. The molecular weight excluding hydrogens is 286 g/mol. The van der Waals surface area contributed by atoms with Crippen LogP contribution in [0.2, 0.25) is 0 Å². The van der Waals surface area contributed by atoms with Crippen molar-refractivity contribution in [2.75, 3.05) is 30.9 Å². The first-order valence-corrected chi connectivity index (χ1v) is 8.23. The average molecular weight is 311 g/mol. The Kier molecular flexibility index (Phi) is 6.11. The normalized spacial score (nSPS) is 20.0. The molecule has 118 valence electrons. The van der Waals surface area contributed by atoms with E-state index in [4.69, 9.17) is 4.74 Å². The van der Waals surface area contributed by atoms with E-state index in [9.17, 15) is 4.79 Å². The molecule has 2 heterocycles. The molecule has 1 aliphatic heterocycles. The van der Waals surface area contributed by atoms with E-state index in [0.717, 1.165) is 43.8 Å². The minimum absolute atomic E-state index is 0.0218. The first-order chi connectivity index (χ1) is 10.1. The van der Waals surface area contributed by atoms with E-state index in [1.54, 1.807) is 24.1 Å². The molecule has 1 saturated heterocycles. The summed E-state index contributed by atoms with van der Waals surface area (Å²) in [4.78, 5) is 14.3. The monoisotopic (exact) mass is 311 g/mol. The van der Waals surface area contributed by atoms with Crippen LogP contribution in [0.4, 0.5) is 5.69 Å². The molecule has 0 N–H and O–H groups in total. The smallest absolute Gasteiger partial charge is 0.268 e. The van der Waals surface area contributed by atoms with Crippen LogP contribution in [0, 0.1) is 5.92 Å². The summed E-state index contributed by atoms with van der Waals surface area (Å²) >= 11 is 4.24. The van der Waals surface area contributed by atoms with E-state index >= 15 is 0 Å². The Morgan fingerprint density at radius 2 is 2.33 bits per heavy atom. The van der Waals surface area contributed by atoms with E-state index in [2.05, 4.69) is 29.6 Å². The van der Waals surface area contributed by atoms with Gasteiger partial charge in [0, 0.05) is 32.8 Å². The van der Waals surface area contributed by atoms with Crippen LogP contribution in [0.1, 0.15) is 26.2 Å². The van der Waals surface area contributed by atoms with Gasteiger partial charge in [0.05, 0.1) is 18.0 Å². The summed E-state index contributed by atoms with van der Waals surface area (Å²) in [6.07, 6.45) is 5.09. The summed E-state index contributed by atoms with van der Waals surface area (Å²) in [5, 5.41) is 4.31. The number of hydrogen-bond acceptors (Lipinski definition) is 5. The molecule has 1 aromatic rings. The molecule has 2 atom stereocenters. The topological polar surface area (TPSA) is 47.4 Å². The molecule has 1 aliphatic rings. The van der Waals surface area contributed by atoms with Gasteiger partial charge in [0.25, 0.3) is 5.56 Å². The van der Waals surface area contributed by atoms with Gasteiger partial charge in [-0.15, -0.1) is 0 Å². The highest BCUT2D eigenvalue weighted by Crippen LogP contribution is 2.19. The second-order valence-corrected chi connectivity index (χ2v) is 6.22. The number of nitrogens with zero attached hydrogens (tertiary/aromatic N) is 3. The molecule has 0 aromatic carbocycles. The van der Waals surface area contributed by atoms with Crippen molar-refractivity contribution in [3.8, 4) is 0 Å². The maximum Gasteiger partial charge on any atom is 0.268 e. The zero-order chi connectivity index (χ0) is 15.2. The van der Waals surface area contributed by atoms with Gasteiger partial charge in [-0.2, -0.15) is 17.7 Å². The zero-order valence-corrected chi connectivity index (χ0v) is 13.8. The number of thiol groups is 1. The Bertz CT molecular complexity index is 506. The van der Waals surface area contributed by atoms with Crippen molar-refractivity contribution < 1.29 is 4.74 Å². The molecule has 0 amide bonds. The third kappa shape index (κ3) is 4.48. The van der Waals surface area contributed by atoms with Crippen molar-refractivity contribution >= 4 is 18.3 Å². The number of rotatable bonds is 7. The van der Waals surface area contributed by atoms with E-state index < -0.39 is 0 Å². The minimum Gasteiger partial charge on any atom is -0.380 e. The van der Waals surface area contributed by atoms with E-state index in [1.165, 1.54) is 0 Å². The minimum atomic E-state index is -0.0218. The first kappa shape index (κ1) is 16.4. The van der Waals surface area contributed by atoms with E-state index in [-0.39, 0.29) is 11.7 Å². The van der Waals surface area contributed by atoms with Gasteiger partial charge in [-0.25, -0.2) is 4.68 Å². The summed E-state index contributed by atoms with van der Waals surface area (Å²) in [6, 6.07) is 1.69. The lowest BCUT2D eigenvalue weighted by atomic mass is 10.1. The average Bonchev–Trinajstić information content (AvgIpc) is 2.95. The van der Waals surface area contributed by atoms with Crippen LogP contribution >= 0.6 is 12.6 Å². The molecule has 1 fully saturated rings. The fourth-order valence-electron chi connectivity index (χ4n) is 2.63. The Hall–Kier alpha value is -1.01. The maximum absolute atomic E-state index is 12.1. The van der Waals surface area contributed by atoms with Crippen molar-refractivity contribution in [2.45, 2.75) is 38.8 Å². The highest BCUT2D eigenvalue weighted by Gasteiger charge is 2.22. The van der Waals surface area contributed by atoms with Gasteiger partial charge in [0.1, 0.15) is 0 Å². The van der Waals surface area contributed by atoms with Crippen LogP contribution in [-0.2, 0) is 11.3 Å². The molecule has 0 spiro atoms. The van der Waals surface area contributed by atoms with Gasteiger partial charge in [-0.05, 0) is 30.9 Å². The van der Waals surface area contributed by atoms with Gasteiger partial charge in [0.2, 0.25) is 0 Å². The van der Waals surface area contributed by atoms with Crippen molar-refractivity contribution in [3.05, 3.63) is 22.6 Å². The second kappa shape index (κ2) is 7.84. The SMILES string of the molecule is COC1CCN(c2cnn(CCC(C)CCS)c(=O)c2)C1. The van der Waals surface area contributed by atoms with Gasteiger partial charge in [0.15, 0.2) is 0 Å². The largest absolute Gasteiger partial charge is 0.380 e. The zero-order valence-electron chi connectivity index (χ0n) is 12.9. The molecule has 5 nitrogen and oxygen atoms in total. The van der Waals surface area contributed by atoms with Gasteiger partial charge < -0.3 is 9.64 Å². The van der Waals surface area contributed by atoms with Crippen LogP contribution in [0.5, 0.6) is 0 Å². The van der Waals surface area contributed by atoms with Gasteiger partial charge in [-0.3, -0.25) is 4.79 Å². The van der Waals surface area contributed by atoms with E-state index in [1.807, 2.05) is 0 Å². The summed E-state index contributed by atoms with van der Waals surface area (Å²) in [5.74, 6) is 1.45. The molecule has 1 aromatic heterocycles. The lowest BCUT2D eigenvalue weighted by molar-refractivity contribution is 0.121. The number of methoxy groups -OCH3 is 1. The fraction of sp³-hybridized carbons (Fsp3) is 0.733. The predicted molar refractivity (Wildman–Crippen MR) is 88.4 cm³/mol. The molecule has 0 bridgehead atoms. The van der Waals surface area contributed by atoms with Crippen LogP contribution in [-0.4, -0.2) is 41.8 Å². The number of aryl methyl sites for hydroxylation is 1. The molecule has 21 heavy (non-hydrogen) atoms. The van der Waals surface area contributed by atoms with Gasteiger partial charge >= 0.3 is 0 Å². The van der Waals surface area contributed by atoms with Crippen LogP contribution in [0.3, 0.4) is 0 Å². The molecular formula is C15H25N3O2S. The number of aromatic nitrogens is 2. The quantitative estimate of drug-likeness (QED) is 0.780. The summed E-state index contributed by atoms with van der Waals surface area (Å²) in [5.41, 5.74) is 0.880. The third-order valence-electron chi connectivity index (χ3n) is 4.15. The van der Waals surface area contributed by atoms with Crippen LogP contribution in [0.15, 0.2) is 17.1 Å². The number of hydrogen-bond donors (Lipinski definition) is 1. The lowest BCUT2D eigenvalue weighted by Gasteiger charge is -2.18. The first-order valence-electron chi connectivity index (χ1n) is 7.59. The predicted octanol–water partition coefficient (Wildman–Crippen LogP) is 1.81. The van der Waals surface area contributed by atoms with Gasteiger partial charge in [-0.1, -0.05) is 6.92 Å². The molecule has 2 unspecified atom stereocenters. The molecule has 0 saturated carbocycles. The van der Waals surface area contributed by atoms with Crippen LogP contribution < -0.4 is 10.5 Å². The highest BCUT2D eigenvalue weighted by molar-refractivity contribution is 7.80. The maximum atomic E-state index is 12.1. The fourth-order valence-corrected chi connectivity index (χ4v) is 3.07. The second-order valence-electron chi connectivity index (χ2n) is 5.77. The summed E-state index contributed by atoms with van der Waals surface area (Å²) in [6.45, 7) is 4.61. The summed E-state index contributed by atoms with van der Waals surface area (Å²) in [7, 11) is 1.73. The van der Waals surface area contributed by atoms with Crippen molar-refractivity contribution in [3.63, 3.8) is 0 Å². The molecule has 6 heteroatoms. The number of ether oxygens (including phenoxy) is 1. The highest BCUT2D eigenvalue weighted by atomic mass is 32.1. The van der Waals surface area contributed by atoms with E-state index in [0.29, 0.717) is 12.5 Å². The Balaban J connectivity index is 1.96. The van der Waals surface area contributed by atoms with Crippen molar-refractivity contribution in [2.24, 2.45) is 5.92 Å². The Morgan fingerprint density at radius 3 is 2.95 bits per heavy atom. The third-order valence-corrected chi connectivity index (χ3v) is 4.41. The Labute approximate surface area is 131 Å². The van der Waals surface area contributed by atoms with Crippen molar-refractivity contribution in [1.29, 1.82) is 0 Å². The molecule has 0 aliphatic carbocycles. The van der Waals surface area contributed by atoms with Crippen molar-refractivity contribution in [1.82, 2.24) is 9.78 Å². The Morgan fingerprint density at radius 1 is 1.52 bits per heavy atom.